The van der Waals surface area contributed by atoms with Crippen LogP contribution in [-0.2, 0) is 7.05 Å². The molecule has 8 aromatic rings. The highest BCUT2D eigenvalue weighted by Gasteiger charge is 2.34. The molecule has 3 aromatic heterocycles. The van der Waals surface area contributed by atoms with E-state index in [9.17, 15) is 0 Å². The number of nitrogens with zero attached hydrogens (tertiary/aromatic N) is 3. The van der Waals surface area contributed by atoms with Gasteiger partial charge in [-0.1, -0.05) is 94.4 Å². The van der Waals surface area contributed by atoms with Gasteiger partial charge < -0.3 is 4.42 Å². The molecule has 0 aliphatic rings. The molecule has 0 aliphatic carbocycles. The zero-order valence-electron chi connectivity index (χ0n) is 30.3. The predicted molar refractivity (Wildman–Crippen MR) is 208 cm³/mol. The number of fused-ring (bicyclic) bond motifs is 4. The minimum atomic E-state index is 0.284. The minimum absolute atomic E-state index is 0.284. The van der Waals surface area contributed by atoms with Gasteiger partial charge in [-0.05, 0) is 103 Å². The smallest absolute Gasteiger partial charge is 0.299 e. The van der Waals surface area contributed by atoms with Crippen LogP contribution in [0.5, 0.6) is 0 Å². The highest BCUT2D eigenvalue weighted by atomic mass is 16.3. The number of benzene rings is 5. The Morgan fingerprint density at radius 3 is 1.84 bits per heavy atom. The van der Waals surface area contributed by atoms with E-state index in [0.717, 1.165) is 44.7 Å². The molecule has 8 rings (SSSR count). The van der Waals surface area contributed by atoms with Crippen LogP contribution < -0.4 is 4.57 Å². The van der Waals surface area contributed by atoms with Crippen molar-refractivity contribution in [3.8, 4) is 39.3 Å². The van der Waals surface area contributed by atoms with Crippen LogP contribution in [0, 0.1) is 20.8 Å². The maximum Gasteiger partial charge on any atom is 0.299 e. The van der Waals surface area contributed by atoms with Crippen molar-refractivity contribution in [2.24, 2.45) is 7.05 Å². The van der Waals surface area contributed by atoms with E-state index in [1.54, 1.807) is 0 Å². The lowest BCUT2D eigenvalue weighted by Gasteiger charge is -2.21. The zero-order chi connectivity index (χ0) is 34.8. The van der Waals surface area contributed by atoms with E-state index in [-0.39, 0.29) is 11.8 Å². The lowest BCUT2D eigenvalue weighted by molar-refractivity contribution is -0.633. The van der Waals surface area contributed by atoms with Gasteiger partial charge in [-0.2, -0.15) is 4.57 Å². The van der Waals surface area contributed by atoms with Crippen LogP contribution in [0.4, 0.5) is 0 Å². The Morgan fingerprint density at radius 1 is 0.620 bits per heavy atom. The maximum atomic E-state index is 6.72. The van der Waals surface area contributed by atoms with Crippen LogP contribution in [0.3, 0.4) is 0 Å². The minimum Gasteiger partial charge on any atom is -0.455 e. The van der Waals surface area contributed by atoms with Crippen LogP contribution in [0.15, 0.2) is 114 Å². The van der Waals surface area contributed by atoms with E-state index in [2.05, 4.69) is 173 Å². The third-order valence-electron chi connectivity index (χ3n) is 10.3. The molecule has 50 heavy (non-hydrogen) atoms. The van der Waals surface area contributed by atoms with Gasteiger partial charge in [0.15, 0.2) is 16.6 Å². The van der Waals surface area contributed by atoms with Crippen LogP contribution in [0.1, 0.15) is 67.6 Å². The molecule has 5 aromatic carbocycles. The largest absolute Gasteiger partial charge is 0.455 e. The third-order valence-corrected chi connectivity index (χ3v) is 10.3. The Labute approximate surface area is 294 Å². The Hall–Kier alpha value is -5.48. The Kier molecular flexibility index (Phi) is 7.71. The number of pyridine rings is 1. The van der Waals surface area contributed by atoms with Crippen molar-refractivity contribution in [2.45, 2.75) is 60.3 Å². The number of aromatic nitrogens is 3. The van der Waals surface area contributed by atoms with Crippen molar-refractivity contribution in [3.63, 3.8) is 0 Å². The van der Waals surface area contributed by atoms with Gasteiger partial charge in [0.05, 0.1) is 7.05 Å². The second-order valence-corrected chi connectivity index (χ2v) is 14.5. The SMILES string of the molecule is Cc1cc(-c2ccc(-c3cc(C(C)C)c(-n4c(-c5c(C)ccc6c5oc5ccccc56)[n+](C)c5ccccc54)c(C(C)C)c3)cc2)cc(C)n1. The molecule has 0 saturated heterocycles. The first-order valence-corrected chi connectivity index (χ1v) is 17.8. The molecular weight excluding hydrogens is 611 g/mol. The van der Waals surface area contributed by atoms with Crippen LogP contribution in [0.25, 0.3) is 72.3 Å². The van der Waals surface area contributed by atoms with E-state index < -0.39 is 0 Å². The van der Waals surface area contributed by atoms with Crippen molar-refractivity contribution in [2.75, 3.05) is 0 Å². The number of imidazole rings is 1. The van der Waals surface area contributed by atoms with Gasteiger partial charge in [0, 0.05) is 33.3 Å². The third kappa shape index (κ3) is 5.13. The van der Waals surface area contributed by atoms with Crippen molar-refractivity contribution < 1.29 is 8.98 Å². The van der Waals surface area contributed by atoms with Gasteiger partial charge in [-0.25, -0.2) is 4.57 Å². The summed E-state index contributed by atoms with van der Waals surface area (Å²) in [5, 5.41) is 2.28. The molecule has 4 nitrogen and oxygen atoms in total. The quantitative estimate of drug-likeness (QED) is 0.167. The fourth-order valence-corrected chi connectivity index (χ4v) is 7.83. The average Bonchev–Trinajstić information content (AvgIpc) is 3.62. The molecule has 0 atom stereocenters. The van der Waals surface area contributed by atoms with Crippen LogP contribution in [-0.4, -0.2) is 9.55 Å². The fraction of sp³-hybridized carbons (Fsp3) is 0.217. The lowest BCUT2D eigenvalue weighted by atomic mass is 9.87. The average molecular weight is 655 g/mol. The van der Waals surface area contributed by atoms with Crippen LogP contribution >= 0.6 is 0 Å². The molecule has 0 radical (unpaired) electrons. The summed E-state index contributed by atoms with van der Waals surface area (Å²) in [6, 6.07) is 39.8. The maximum absolute atomic E-state index is 6.72. The molecule has 0 N–H and O–H groups in total. The van der Waals surface area contributed by atoms with Crippen LogP contribution in [0.2, 0.25) is 0 Å². The highest BCUT2D eigenvalue weighted by Crippen LogP contribution is 2.43. The normalized spacial score (nSPS) is 12.0. The topological polar surface area (TPSA) is 34.8 Å². The summed E-state index contributed by atoms with van der Waals surface area (Å²) < 4.78 is 11.6. The van der Waals surface area contributed by atoms with Crippen molar-refractivity contribution in [1.29, 1.82) is 0 Å². The highest BCUT2D eigenvalue weighted by molar-refractivity contribution is 6.10. The standard InChI is InChI=1S/C46H44N3O/c1-27(2)38-25-35(33-20-18-32(19-21-33)34-23-30(6)47-31(7)24-34)26-39(28(3)4)44(38)49-41-15-11-10-14-40(41)48(8)46(49)43-29(5)17-22-37-36-13-9-12-16-42(36)50-45(37)43/h9-28H,1-8H3/q+1. The number of aryl methyl sites for hydroxylation is 4. The monoisotopic (exact) mass is 654 g/mol. The van der Waals surface area contributed by atoms with Gasteiger partial charge in [0.2, 0.25) is 0 Å². The first kappa shape index (κ1) is 31.8. The summed E-state index contributed by atoms with van der Waals surface area (Å²) in [7, 11) is 2.20. The first-order chi connectivity index (χ1) is 24.1. The van der Waals surface area contributed by atoms with E-state index in [4.69, 9.17) is 4.42 Å². The van der Waals surface area contributed by atoms with Gasteiger partial charge in [0.25, 0.3) is 5.82 Å². The molecule has 4 heteroatoms. The van der Waals surface area contributed by atoms with E-state index >= 15 is 0 Å². The second-order valence-electron chi connectivity index (χ2n) is 14.5. The summed E-state index contributed by atoms with van der Waals surface area (Å²) in [5.74, 6) is 1.69. The fourth-order valence-electron chi connectivity index (χ4n) is 7.83. The van der Waals surface area contributed by atoms with Gasteiger partial charge in [0.1, 0.15) is 16.8 Å². The first-order valence-electron chi connectivity index (χ1n) is 17.8. The Bertz CT molecular complexity index is 2530. The molecule has 0 bridgehead atoms. The summed E-state index contributed by atoms with van der Waals surface area (Å²) in [4.78, 5) is 4.58. The summed E-state index contributed by atoms with van der Waals surface area (Å²) in [5.41, 5.74) is 17.4. The molecular formula is C46H44N3O+. The number of para-hydroxylation sites is 3. The Balaban J connectivity index is 1.40. The summed E-state index contributed by atoms with van der Waals surface area (Å²) in [6.07, 6.45) is 0. The number of hydrogen-bond acceptors (Lipinski definition) is 2. The number of furan rings is 1. The predicted octanol–water partition coefficient (Wildman–Crippen LogP) is 11.9. The van der Waals surface area contributed by atoms with Gasteiger partial charge in [-0.15, -0.1) is 0 Å². The summed E-state index contributed by atoms with van der Waals surface area (Å²) in [6.45, 7) is 15.6. The number of hydrogen-bond donors (Lipinski definition) is 0. The molecule has 0 spiro atoms. The van der Waals surface area contributed by atoms with Crippen molar-refractivity contribution in [1.82, 2.24) is 9.55 Å². The Morgan fingerprint density at radius 2 is 1.20 bits per heavy atom. The molecule has 0 aliphatic heterocycles. The number of rotatable bonds is 6. The van der Waals surface area contributed by atoms with Gasteiger partial charge >= 0.3 is 0 Å². The zero-order valence-corrected chi connectivity index (χ0v) is 30.3. The molecule has 248 valence electrons. The van der Waals surface area contributed by atoms with Crippen molar-refractivity contribution in [3.05, 3.63) is 137 Å². The molecule has 0 unspecified atom stereocenters. The van der Waals surface area contributed by atoms with E-state index in [1.807, 2.05) is 6.07 Å². The van der Waals surface area contributed by atoms with E-state index in [0.29, 0.717) is 0 Å². The van der Waals surface area contributed by atoms with Gasteiger partial charge in [-0.3, -0.25) is 4.98 Å². The van der Waals surface area contributed by atoms with E-state index in [1.165, 1.54) is 55.7 Å². The lowest BCUT2D eigenvalue weighted by Crippen LogP contribution is -2.30. The molecule has 0 saturated carbocycles. The second kappa shape index (κ2) is 12.1. The summed E-state index contributed by atoms with van der Waals surface area (Å²) >= 11 is 0. The molecule has 3 heterocycles. The van der Waals surface area contributed by atoms with Crippen molar-refractivity contribution >= 4 is 33.0 Å². The molecule has 0 amide bonds. The molecule has 0 fully saturated rings.